The minimum absolute atomic E-state index is 0.106. The van der Waals surface area contributed by atoms with Gasteiger partial charge in [-0.2, -0.15) is 0 Å². The minimum Gasteiger partial charge on any atom is -0.380 e. The fourth-order valence-electron chi connectivity index (χ4n) is 2.32. The average Bonchev–Trinajstić information content (AvgIpc) is 2.35. The van der Waals surface area contributed by atoms with Gasteiger partial charge in [-0.3, -0.25) is 0 Å². The SMILES string of the molecule is COCc1cc(F)c(C2CCNCC2)cc1F. The van der Waals surface area contributed by atoms with Crippen LogP contribution in [0.3, 0.4) is 0 Å². The van der Waals surface area contributed by atoms with Gasteiger partial charge >= 0.3 is 0 Å². The molecule has 0 bridgehead atoms. The summed E-state index contributed by atoms with van der Waals surface area (Å²) >= 11 is 0. The Bertz CT molecular complexity index is 389. The van der Waals surface area contributed by atoms with Gasteiger partial charge in [-0.15, -0.1) is 0 Å². The Morgan fingerprint density at radius 1 is 1.24 bits per heavy atom. The van der Waals surface area contributed by atoms with Gasteiger partial charge in [-0.1, -0.05) is 0 Å². The Morgan fingerprint density at radius 3 is 2.59 bits per heavy atom. The molecular formula is C13H17F2NO. The Labute approximate surface area is 100.0 Å². The topological polar surface area (TPSA) is 21.3 Å². The van der Waals surface area contributed by atoms with Crippen molar-refractivity contribution in [1.29, 1.82) is 0 Å². The van der Waals surface area contributed by atoms with E-state index in [1.54, 1.807) is 0 Å². The van der Waals surface area contributed by atoms with Gasteiger partial charge in [0.15, 0.2) is 0 Å². The highest BCUT2D eigenvalue weighted by Gasteiger charge is 2.20. The predicted molar refractivity (Wildman–Crippen MR) is 61.9 cm³/mol. The van der Waals surface area contributed by atoms with Crippen LogP contribution in [0.1, 0.15) is 29.9 Å². The van der Waals surface area contributed by atoms with Crippen molar-refractivity contribution in [3.63, 3.8) is 0 Å². The number of hydrogen-bond donors (Lipinski definition) is 1. The Morgan fingerprint density at radius 2 is 1.94 bits per heavy atom. The molecule has 0 spiro atoms. The number of hydrogen-bond acceptors (Lipinski definition) is 2. The number of nitrogens with one attached hydrogen (secondary N) is 1. The molecule has 2 rings (SSSR count). The van der Waals surface area contributed by atoms with Gasteiger partial charge < -0.3 is 10.1 Å². The lowest BCUT2D eigenvalue weighted by Crippen LogP contribution is -2.27. The molecule has 0 unspecified atom stereocenters. The fourth-order valence-corrected chi connectivity index (χ4v) is 2.32. The van der Waals surface area contributed by atoms with Crippen LogP contribution in [0, 0.1) is 11.6 Å². The molecule has 4 heteroatoms. The van der Waals surface area contributed by atoms with Gasteiger partial charge in [0.2, 0.25) is 0 Å². The molecule has 2 nitrogen and oxygen atoms in total. The van der Waals surface area contributed by atoms with E-state index in [0.29, 0.717) is 5.56 Å². The van der Waals surface area contributed by atoms with Gasteiger partial charge in [-0.05, 0) is 49.5 Å². The molecule has 0 aromatic heterocycles. The van der Waals surface area contributed by atoms with Crippen molar-refractivity contribution >= 4 is 0 Å². The minimum atomic E-state index is -0.373. The molecule has 1 heterocycles. The van der Waals surface area contributed by atoms with Crippen molar-refractivity contribution in [2.45, 2.75) is 25.4 Å². The molecule has 17 heavy (non-hydrogen) atoms. The highest BCUT2D eigenvalue weighted by atomic mass is 19.1. The van der Waals surface area contributed by atoms with E-state index in [1.807, 2.05) is 0 Å². The summed E-state index contributed by atoms with van der Waals surface area (Å²) in [6, 6.07) is 2.59. The van der Waals surface area contributed by atoms with E-state index in [9.17, 15) is 8.78 Å². The lowest BCUT2D eigenvalue weighted by atomic mass is 9.89. The molecule has 0 atom stereocenters. The van der Waals surface area contributed by atoms with Crippen LogP contribution in [0.4, 0.5) is 8.78 Å². The lowest BCUT2D eigenvalue weighted by Gasteiger charge is -2.23. The zero-order chi connectivity index (χ0) is 12.3. The van der Waals surface area contributed by atoms with Gasteiger partial charge in [0.25, 0.3) is 0 Å². The number of halogens is 2. The van der Waals surface area contributed by atoms with Crippen LogP contribution in [0.15, 0.2) is 12.1 Å². The predicted octanol–water partition coefficient (Wildman–Crippen LogP) is 2.58. The maximum atomic E-state index is 13.9. The third kappa shape index (κ3) is 2.82. The number of rotatable bonds is 3. The number of benzene rings is 1. The zero-order valence-corrected chi connectivity index (χ0v) is 9.93. The summed E-state index contributed by atoms with van der Waals surface area (Å²) in [5.74, 6) is -0.561. The third-order valence-electron chi connectivity index (χ3n) is 3.24. The quantitative estimate of drug-likeness (QED) is 0.878. The van der Waals surface area contributed by atoms with Crippen molar-refractivity contribution in [2.75, 3.05) is 20.2 Å². The molecule has 1 aliphatic rings. The standard InChI is InChI=1S/C13H17F2NO/c1-17-8-10-6-13(15)11(7-12(10)14)9-2-4-16-5-3-9/h6-7,9,16H,2-5,8H2,1H3. The summed E-state index contributed by atoms with van der Waals surface area (Å²) in [6.07, 6.45) is 1.72. The summed E-state index contributed by atoms with van der Waals surface area (Å²) in [7, 11) is 1.47. The van der Waals surface area contributed by atoms with E-state index in [1.165, 1.54) is 19.2 Å². The molecule has 1 aromatic carbocycles. The van der Waals surface area contributed by atoms with E-state index in [0.717, 1.165) is 25.9 Å². The zero-order valence-electron chi connectivity index (χ0n) is 9.93. The number of ether oxygens (including phenoxy) is 1. The van der Waals surface area contributed by atoms with E-state index in [2.05, 4.69) is 5.32 Å². The second kappa shape index (κ2) is 5.56. The summed E-state index contributed by atoms with van der Waals surface area (Å²) in [4.78, 5) is 0. The van der Waals surface area contributed by atoms with Gasteiger partial charge in [0.05, 0.1) is 6.61 Å². The van der Waals surface area contributed by atoms with E-state index < -0.39 is 0 Å². The van der Waals surface area contributed by atoms with Crippen LogP contribution in [0.25, 0.3) is 0 Å². The summed E-state index contributed by atoms with van der Waals surface area (Å²) in [5.41, 5.74) is 0.784. The Kier molecular flexibility index (Phi) is 4.07. The summed E-state index contributed by atoms with van der Waals surface area (Å²) in [6.45, 7) is 1.84. The van der Waals surface area contributed by atoms with Crippen LogP contribution >= 0.6 is 0 Å². The van der Waals surface area contributed by atoms with E-state index in [-0.39, 0.29) is 29.7 Å². The van der Waals surface area contributed by atoms with Crippen molar-refractivity contribution in [1.82, 2.24) is 5.32 Å². The molecule has 1 aliphatic heterocycles. The molecule has 0 radical (unpaired) electrons. The Balaban J connectivity index is 2.25. The first kappa shape index (κ1) is 12.5. The fraction of sp³-hybridized carbons (Fsp3) is 0.538. The smallest absolute Gasteiger partial charge is 0.129 e. The van der Waals surface area contributed by atoms with Gasteiger partial charge in [-0.25, -0.2) is 8.78 Å². The van der Waals surface area contributed by atoms with Crippen molar-refractivity contribution < 1.29 is 13.5 Å². The molecule has 0 amide bonds. The van der Waals surface area contributed by atoms with Crippen LogP contribution < -0.4 is 5.32 Å². The molecule has 1 saturated heterocycles. The molecule has 1 aromatic rings. The first-order valence-electron chi connectivity index (χ1n) is 5.90. The third-order valence-corrected chi connectivity index (χ3v) is 3.24. The highest BCUT2D eigenvalue weighted by Crippen LogP contribution is 2.29. The van der Waals surface area contributed by atoms with Crippen molar-refractivity contribution in [3.05, 3.63) is 34.9 Å². The second-order valence-electron chi connectivity index (χ2n) is 4.42. The average molecular weight is 241 g/mol. The molecule has 0 aliphatic carbocycles. The summed E-state index contributed by atoms with van der Waals surface area (Å²) in [5, 5.41) is 3.21. The number of methoxy groups -OCH3 is 1. The number of piperidine rings is 1. The van der Waals surface area contributed by atoms with Gasteiger partial charge in [0.1, 0.15) is 11.6 Å². The maximum absolute atomic E-state index is 13.9. The first-order chi connectivity index (χ1) is 8.22. The molecule has 1 fully saturated rings. The van der Waals surface area contributed by atoms with Crippen molar-refractivity contribution in [2.24, 2.45) is 0 Å². The largest absolute Gasteiger partial charge is 0.380 e. The Hall–Kier alpha value is -1.00. The second-order valence-corrected chi connectivity index (χ2v) is 4.42. The van der Waals surface area contributed by atoms with Crippen molar-refractivity contribution in [3.8, 4) is 0 Å². The monoisotopic (exact) mass is 241 g/mol. The molecule has 1 N–H and O–H groups in total. The van der Waals surface area contributed by atoms with E-state index >= 15 is 0 Å². The molecule has 0 saturated carbocycles. The lowest BCUT2D eigenvalue weighted by molar-refractivity contribution is 0.181. The normalized spacial score (nSPS) is 17.4. The van der Waals surface area contributed by atoms with Crippen LogP contribution in [0.2, 0.25) is 0 Å². The van der Waals surface area contributed by atoms with Crippen LogP contribution in [0.5, 0.6) is 0 Å². The molecular weight excluding hydrogens is 224 g/mol. The first-order valence-corrected chi connectivity index (χ1v) is 5.90. The van der Waals surface area contributed by atoms with E-state index in [4.69, 9.17) is 4.74 Å². The van der Waals surface area contributed by atoms with Gasteiger partial charge in [0, 0.05) is 12.7 Å². The summed E-state index contributed by atoms with van der Waals surface area (Å²) < 4.78 is 32.4. The van der Waals surface area contributed by atoms with Crippen LogP contribution in [-0.2, 0) is 11.3 Å². The maximum Gasteiger partial charge on any atom is 0.129 e. The highest BCUT2D eigenvalue weighted by molar-refractivity contribution is 5.29. The van der Waals surface area contributed by atoms with Crippen LogP contribution in [-0.4, -0.2) is 20.2 Å². The molecule has 94 valence electrons.